The van der Waals surface area contributed by atoms with Crippen molar-refractivity contribution >= 4 is 11.9 Å². The summed E-state index contributed by atoms with van der Waals surface area (Å²) in [5.74, 6) is 1.08. The van der Waals surface area contributed by atoms with Crippen molar-refractivity contribution in [3.8, 4) is 5.75 Å². The van der Waals surface area contributed by atoms with Gasteiger partial charge in [-0.3, -0.25) is 20.0 Å². The molecule has 3 N–H and O–H groups in total. The minimum atomic E-state index is -0.478. The van der Waals surface area contributed by atoms with Crippen molar-refractivity contribution in [3.05, 3.63) is 34.0 Å². The number of methoxy groups -OCH3 is 1. The van der Waals surface area contributed by atoms with E-state index in [9.17, 15) is 9.59 Å². The number of aromatic nitrogens is 4. The zero-order valence-corrected chi connectivity index (χ0v) is 11.5. The van der Waals surface area contributed by atoms with Crippen LogP contribution in [0.25, 0.3) is 0 Å². The van der Waals surface area contributed by atoms with E-state index in [4.69, 9.17) is 4.74 Å². The molecule has 2 aromatic rings. The van der Waals surface area contributed by atoms with Crippen molar-refractivity contribution in [1.29, 1.82) is 0 Å². The van der Waals surface area contributed by atoms with Gasteiger partial charge < -0.3 is 9.72 Å². The van der Waals surface area contributed by atoms with Crippen molar-refractivity contribution in [2.45, 2.75) is 25.2 Å². The second-order valence-corrected chi connectivity index (χ2v) is 4.91. The number of rotatable bonds is 4. The molecule has 0 unspecified atom stereocenters. The molecule has 0 radical (unpaired) electrons. The Bertz CT molecular complexity index is 717. The van der Waals surface area contributed by atoms with E-state index in [1.807, 2.05) is 0 Å². The first-order valence-corrected chi connectivity index (χ1v) is 6.67. The number of carbonyl (C=O) groups is 1. The van der Waals surface area contributed by atoms with Crippen LogP contribution >= 0.6 is 0 Å². The van der Waals surface area contributed by atoms with E-state index in [2.05, 4.69) is 25.5 Å². The summed E-state index contributed by atoms with van der Waals surface area (Å²) in [5.41, 5.74) is -0.248. The molecule has 8 nitrogen and oxygen atoms in total. The van der Waals surface area contributed by atoms with Gasteiger partial charge in [-0.05, 0) is 12.8 Å². The highest BCUT2D eigenvalue weighted by atomic mass is 16.5. The highest BCUT2D eigenvalue weighted by Gasteiger charge is 2.23. The summed E-state index contributed by atoms with van der Waals surface area (Å²) in [6.45, 7) is 0. The van der Waals surface area contributed by atoms with E-state index in [0.29, 0.717) is 5.92 Å². The molecule has 1 aliphatic carbocycles. The summed E-state index contributed by atoms with van der Waals surface area (Å²) in [5, 5.41) is 9.33. The molecule has 0 bridgehead atoms. The van der Waals surface area contributed by atoms with E-state index in [1.54, 1.807) is 0 Å². The number of pyridine rings is 1. The number of H-pyrrole nitrogens is 2. The molecular formula is C13H15N5O3. The lowest BCUT2D eigenvalue weighted by Crippen LogP contribution is -2.18. The summed E-state index contributed by atoms with van der Waals surface area (Å²) in [7, 11) is 1.39. The minimum absolute atomic E-state index is 0.121. The third kappa shape index (κ3) is 2.64. The number of carbonyl (C=O) groups excluding carboxylic acids is 1. The predicted octanol–water partition coefficient (Wildman–Crippen LogP) is 1.02. The maximum absolute atomic E-state index is 12.0. The lowest BCUT2D eigenvalue weighted by atomic mass is 9.85. The van der Waals surface area contributed by atoms with Crippen molar-refractivity contribution in [3.63, 3.8) is 0 Å². The van der Waals surface area contributed by atoms with Gasteiger partial charge in [0.2, 0.25) is 11.4 Å². The minimum Gasteiger partial charge on any atom is -0.491 e. The standard InChI is InChI=1S/C13H15N5O3/c1-21-10-6-14-8(5-9(10)19)12(20)16-13-15-11(17-18-13)7-3-2-4-7/h5-7H,2-4H2,1H3,(H,14,19)(H2,15,16,17,18,20). The van der Waals surface area contributed by atoms with Gasteiger partial charge in [-0.2, -0.15) is 4.98 Å². The molecule has 1 fully saturated rings. The van der Waals surface area contributed by atoms with Gasteiger partial charge in [0.05, 0.1) is 7.11 Å². The molecule has 8 heteroatoms. The van der Waals surface area contributed by atoms with Gasteiger partial charge in [0, 0.05) is 18.2 Å². The Balaban J connectivity index is 1.72. The Kier molecular flexibility index (Phi) is 3.43. The summed E-state index contributed by atoms with van der Waals surface area (Å²) < 4.78 is 4.84. The fourth-order valence-corrected chi connectivity index (χ4v) is 2.11. The first-order chi connectivity index (χ1) is 10.2. The average molecular weight is 289 g/mol. The van der Waals surface area contributed by atoms with Gasteiger partial charge in [0.15, 0.2) is 5.75 Å². The van der Waals surface area contributed by atoms with Gasteiger partial charge in [0.1, 0.15) is 11.5 Å². The number of amides is 1. The van der Waals surface area contributed by atoms with Crippen LogP contribution in [-0.4, -0.2) is 33.2 Å². The molecule has 21 heavy (non-hydrogen) atoms. The van der Waals surface area contributed by atoms with E-state index in [1.165, 1.54) is 25.8 Å². The first kappa shape index (κ1) is 13.3. The van der Waals surface area contributed by atoms with Crippen LogP contribution in [0.5, 0.6) is 5.75 Å². The molecule has 1 saturated carbocycles. The SMILES string of the molecule is COc1c[nH]c(C(=O)Nc2n[nH]c(C3CCC3)n2)cc1=O. The normalized spacial score (nSPS) is 14.5. The largest absolute Gasteiger partial charge is 0.491 e. The van der Waals surface area contributed by atoms with Crippen molar-refractivity contribution in [2.75, 3.05) is 12.4 Å². The number of aromatic amines is 2. The molecule has 2 heterocycles. The Labute approximate surface area is 119 Å². The van der Waals surface area contributed by atoms with Crippen LogP contribution in [0.3, 0.4) is 0 Å². The molecule has 1 aliphatic rings. The van der Waals surface area contributed by atoms with Crippen LogP contribution in [0.2, 0.25) is 0 Å². The lowest BCUT2D eigenvalue weighted by molar-refractivity contribution is 0.102. The molecule has 110 valence electrons. The Morgan fingerprint density at radius 3 is 2.90 bits per heavy atom. The van der Waals surface area contributed by atoms with Crippen LogP contribution in [0.1, 0.15) is 41.5 Å². The maximum atomic E-state index is 12.0. The van der Waals surface area contributed by atoms with Gasteiger partial charge >= 0.3 is 0 Å². The van der Waals surface area contributed by atoms with Crippen LogP contribution < -0.4 is 15.5 Å². The summed E-state index contributed by atoms with van der Waals surface area (Å²) in [6, 6.07) is 1.17. The Morgan fingerprint density at radius 2 is 2.29 bits per heavy atom. The van der Waals surface area contributed by atoms with E-state index in [0.717, 1.165) is 18.7 Å². The molecule has 1 amide bonds. The summed E-state index contributed by atoms with van der Waals surface area (Å²) in [4.78, 5) is 30.6. The predicted molar refractivity (Wildman–Crippen MR) is 74.5 cm³/mol. The number of nitrogens with one attached hydrogen (secondary N) is 3. The highest BCUT2D eigenvalue weighted by molar-refractivity contribution is 6.01. The summed E-state index contributed by atoms with van der Waals surface area (Å²) in [6.07, 6.45) is 4.72. The van der Waals surface area contributed by atoms with Crippen LogP contribution in [0, 0.1) is 0 Å². The van der Waals surface area contributed by atoms with Crippen LogP contribution in [-0.2, 0) is 0 Å². The van der Waals surface area contributed by atoms with Crippen molar-refractivity contribution < 1.29 is 9.53 Å². The molecule has 3 rings (SSSR count). The number of nitrogens with zero attached hydrogens (tertiary/aromatic N) is 2. The second-order valence-electron chi connectivity index (χ2n) is 4.91. The number of hydrogen-bond acceptors (Lipinski definition) is 5. The highest BCUT2D eigenvalue weighted by Crippen LogP contribution is 2.34. The molecule has 0 atom stereocenters. The Morgan fingerprint density at radius 1 is 1.48 bits per heavy atom. The third-order valence-electron chi connectivity index (χ3n) is 3.56. The van der Waals surface area contributed by atoms with Gasteiger partial charge in [-0.1, -0.05) is 6.42 Å². The zero-order chi connectivity index (χ0) is 14.8. The zero-order valence-electron chi connectivity index (χ0n) is 11.5. The van der Waals surface area contributed by atoms with E-state index < -0.39 is 5.91 Å². The van der Waals surface area contributed by atoms with Gasteiger partial charge in [-0.15, -0.1) is 5.10 Å². The van der Waals surface area contributed by atoms with E-state index in [-0.39, 0.29) is 22.8 Å². The Hall–Kier alpha value is -2.64. The third-order valence-corrected chi connectivity index (χ3v) is 3.56. The molecular weight excluding hydrogens is 274 g/mol. The second kappa shape index (κ2) is 5.39. The van der Waals surface area contributed by atoms with Gasteiger partial charge in [0.25, 0.3) is 5.91 Å². The maximum Gasteiger partial charge on any atom is 0.274 e. The van der Waals surface area contributed by atoms with Crippen molar-refractivity contribution in [2.24, 2.45) is 0 Å². The van der Waals surface area contributed by atoms with Gasteiger partial charge in [-0.25, -0.2) is 0 Å². The first-order valence-electron chi connectivity index (χ1n) is 6.67. The molecule has 2 aromatic heterocycles. The number of hydrogen-bond donors (Lipinski definition) is 3. The van der Waals surface area contributed by atoms with Crippen LogP contribution in [0.4, 0.5) is 5.95 Å². The molecule has 0 spiro atoms. The molecule has 0 aliphatic heterocycles. The number of ether oxygens (including phenoxy) is 1. The van der Waals surface area contributed by atoms with E-state index >= 15 is 0 Å². The van der Waals surface area contributed by atoms with Crippen LogP contribution in [0.15, 0.2) is 17.1 Å². The quantitative estimate of drug-likeness (QED) is 0.777. The molecule has 0 saturated heterocycles. The lowest BCUT2D eigenvalue weighted by Gasteiger charge is -2.22. The van der Waals surface area contributed by atoms with Crippen molar-refractivity contribution in [1.82, 2.24) is 20.2 Å². The topological polar surface area (TPSA) is 113 Å². The molecule has 0 aromatic carbocycles. The smallest absolute Gasteiger partial charge is 0.274 e. The fraction of sp³-hybridized carbons (Fsp3) is 0.385. The number of anilines is 1. The monoisotopic (exact) mass is 289 g/mol. The average Bonchev–Trinajstić information content (AvgIpc) is 2.84. The summed E-state index contributed by atoms with van der Waals surface area (Å²) >= 11 is 0. The fourth-order valence-electron chi connectivity index (χ4n) is 2.11.